The van der Waals surface area contributed by atoms with Crippen LogP contribution < -0.4 is 0 Å². The van der Waals surface area contributed by atoms with Crippen LogP contribution in [0.1, 0.15) is 36.8 Å². The van der Waals surface area contributed by atoms with Gasteiger partial charge in [-0.05, 0) is 60.6 Å². The summed E-state index contributed by atoms with van der Waals surface area (Å²) in [5, 5.41) is 8.03. The predicted molar refractivity (Wildman–Crippen MR) is 139 cm³/mol. The van der Waals surface area contributed by atoms with E-state index in [2.05, 4.69) is 38.3 Å². The fourth-order valence-electron chi connectivity index (χ4n) is 5.79. The summed E-state index contributed by atoms with van der Waals surface area (Å²) in [5.41, 5.74) is 6.54. The van der Waals surface area contributed by atoms with Crippen molar-refractivity contribution in [3.8, 4) is 22.4 Å². The maximum Gasteiger partial charge on any atom is 0.178 e. The van der Waals surface area contributed by atoms with E-state index in [-0.39, 0.29) is 4.90 Å². The Balaban J connectivity index is 1.32. The van der Waals surface area contributed by atoms with Crippen molar-refractivity contribution in [2.45, 2.75) is 49.5 Å². The highest BCUT2D eigenvalue weighted by Gasteiger charge is 2.24. The van der Waals surface area contributed by atoms with Crippen LogP contribution in [-0.4, -0.2) is 53.9 Å². The van der Waals surface area contributed by atoms with E-state index >= 15 is 0 Å². The number of rotatable bonds is 4. The van der Waals surface area contributed by atoms with Gasteiger partial charge in [-0.3, -0.25) is 10.00 Å². The summed E-state index contributed by atoms with van der Waals surface area (Å²) in [4.78, 5) is 6.93. The summed E-state index contributed by atoms with van der Waals surface area (Å²) in [6.07, 6.45) is 10.4. The third-order valence-electron chi connectivity index (χ3n) is 7.74. The van der Waals surface area contributed by atoms with Gasteiger partial charge in [0.25, 0.3) is 0 Å². The Kier molecular flexibility index (Phi) is 5.88. The van der Waals surface area contributed by atoms with Gasteiger partial charge < -0.3 is 0 Å². The Morgan fingerprint density at radius 2 is 1.69 bits per heavy atom. The van der Waals surface area contributed by atoms with Crippen LogP contribution in [0.5, 0.6) is 0 Å². The van der Waals surface area contributed by atoms with E-state index in [1.807, 2.05) is 12.3 Å². The number of fused-ring (bicyclic) bond motifs is 2. The number of nitrogens with zero attached hydrogens (tertiary/aromatic N) is 3. The molecule has 2 aromatic heterocycles. The first-order valence-corrected chi connectivity index (χ1v) is 14.5. The monoisotopic (exact) mass is 504 g/mol. The van der Waals surface area contributed by atoms with Crippen molar-refractivity contribution in [1.29, 1.82) is 0 Å². The molecule has 1 fully saturated rings. The fourth-order valence-corrected chi connectivity index (χ4v) is 6.52. The number of hydrogen-bond donors (Lipinski definition) is 1. The average Bonchev–Trinajstić information content (AvgIpc) is 3.49. The number of halogens is 1. The van der Waals surface area contributed by atoms with Gasteiger partial charge in [-0.25, -0.2) is 17.8 Å². The fraction of sp³-hybridized carbons (Fsp3) is 0.357. The molecule has 0 spiro atoms. The molecule has 1 N–H and O–H groups in total. The highest BCUT2D eigenvalue weighted by atomic mass is 32.2. The second kappa shape index (κ2) is 9.09. The van der Waals surface area contributed by atoms with Gasteiger partial charge in [0.2, 0.25) is 0 Å². The lowest BCUT2D eigenvalue weighted by Gasteiger charge is -2.26. The van der Waals surface area contributed by atoms with Crippen LogP contribution in [0, 0.1) is 5.82 Å². The molecule has 0 radical (unpaired) electrons. The number of benzene rings is 2. The molecule has 0 bridgehead atoms. The molecule has 3 heterocycles. The smallest absolute Gasteiger partial charge is 0.178 e. The number of aromatic amines is 1. The largest absolute Gasteiger partial charge is 0.300 e. The van der Waals surface area contributed by atoms with Crippen LogP contribution in [0.25, 0.3) is 33.4 Å². The molecule has 2 aliphatic rings. The maximum absolute atomic E-state index is 14.6. The van der Waals surface area contributed by atoms with Gasteiger partial charge in [0.1, 0.15) is 16.4 Å². The van der Waals surface area contributed by atoms with E-state index in [0.29, 0.717) is 16.9 Å². The average molecular weight is 505 g/mol. The van der Waals surface area contributed by atoms with Crippen LogP contribution in [-0.2, 0) is 22.7 Å². The van der Waals surface area contributed by atoms with E-state index in [9.17, 15) is 12.8 Å². The molecule has 8 heteroatoms. The zero-order chi connectivity index (χ0) is 24.9. The third kappa shape index (κ3) is 4.33. The zero-order valence-corrected chi connectivity index (χ0v) is 21.1. The summed E-state index contributed by atoms with van der Waals surface area (Å²) >= 11 is 0. The molecule has 4 aromatic rings. The minimum atomic E-state index is -3.64. The Bertz CT molecular complexity index is 1560. The van der Waals surface area contributed by atoms with Crippen molar-refractivity contribution in [1.82, 2.24) is 20.1 Å². The van der Waals surface area contributed by atoms with Gasteiger partial charge in [0, 0.05) is 48.1 Å². The van der Waals surface area contributed by atoms with Crippen molar-refractivity contribution < 1.29 is 12.8 Å². The molecule has 1 saturated carbocycles. The molecule has 186 valence electrons. The van der Waals surface area contributed by atoms with Gasteiger partial charge in [-0.1, -0.05) is 37.1 Å². The van der Waals surface area contributed by atoms with Crippen molar-refractivity contribution >= 4 is 20.9 Å². The molecule has 2 aromatic carbocycles. The van der Waals surface area contributed by atoms with Gasteiger partial charge in [-0.2, -0.15) is 5.10 Å². The normalized spacial score (nSPS) is 17.4. The topological polar surface area (TPSA) is 79.0 Å². The number of sulfone groups is 1. The summed E-state index contributed by atoms with van der Waals surface area (Å²) in [6.45, 7) is 2.25. The number of hydrogen-bond acceptors (Lipinski definition) is 5. The molecule has 0 saturated heterocycles. The molecule has 0 unspecified atom stereocenters. The van der Waals surface area contributed by atoms with Gasteiger partial charge >= 0.3 is 0 Å². The zero-order valence-electron chi connectivity index (χ0n) is 20.3. The molecule has 6 nitrogen and oxygen atoms in total. The molecular formula is C28H29FN4O2S. The highest BCUT2D eigenvalue weighted by molar-refractivity contribution is 7.90. The third-order valence-corrected chi connectivity index (χ3v) is 8.87. The standard InChI is InChI=1S/C28H29FN4O2S/c1-36(34,35)26-9-8-21(16-25(26)29)27-24-15-22(17-30-28(24)32-31-27)19-7-6-18-10-12-33(13-11-20(18)14-19)23-4-2-3-5-23/h6-9,14-17,23H,2-5,10-13H2,1H3,(H,30,31,32). The summed E-state index contributed by atoms with van der Waals surface area (Å²) < 4.78 is 38.2. The molecule has 36 heavy (non-hydrogen) atoms. The van der Waals surface area contributed by atoms with E-state index in [1.54, 1.807) is 6.07 Å². The molecule has 0 atom stereocenters. The summed E-state index contributed by atoms with van der Waals surface area (Å²) in [5.74, 6) is -0.785. The summed E-state index contributed by atoms with van der Waals surface area (Å²) in [7, 11) is -3.64. The first-order chi connectivity index (χ1) is 17.4. The van der Waals surface area contributed by atoms with Crippen molar-refractivity contribution in [2.24, 2.45) is 0 Å². The molecule has 1 aliphatic heterocycles. The number of pyridine rings is 1. The lowest BCUT2D eigenvalue weighted by Crippen LogP contribution is -2.35. The Morgan fingerprint density at radius 3 is 2.44 bits per heavy atom. The first kappa shape index (κ1) is 23.3. The van der Waals surface area contributed by atoms with Crippen molar-refractivity contribution in [3.63, 3.8) is 0 Å². The highest BCUT2D eigenvalue weighted by Crippen LogP contribution is 2.32. The Labute approximate surface area is 210 Å². The molecule has 0 amide bonds. The molecule has 1 aliphatic carbocycles. The lowest BCUT2D eigenvalue weighted by molar-refractivity contribution is 0.208. The minimum Gasteiger partial charge on any atom is -0.300 e. The van der Waals surface area contributed by atoms with E-state index in [1.165, 1.54) is 48.9 Å². The van der Waals surface area contributed by atoms with Crippen LogP contribution >= 0.6 is 0 Å². The Hall–Kier alpha value is -3.10. The van der Waals surface area contributed by atoms with Gasteiger partial charge in [0.05, 0.1) is 0 Å². The van der Waals surface area contributed by atoms with Crippen LogP contribution in [0.2, 0.25) is 0 Å². The molecular weight excluding hydrogens is 475 g/mol. The lowest BCUT2D eigenvalue weighted by atomic mass is 9.96. The van der Waals surface area contributed by atoms with E-state index < -0.39 is 15.7 Å². The van der Waals surface area contributed by atoms with Crippen molar-refractivity contribution in [2.75, 3.05) is 19.3 Å². The van der Waals surface area contributed by atoms with Crippen LogP contribution in [0.3, 0.4) is 0 Å². The number of nitrogens with one attached hydrogen (secondary N) is 1. The molecule has 6 rings (SSSR count). The van der Waals surface area contributed by atoms with Crippen LogP contribution in [0.15, 0.2) is 53.6 Å². The minimum absolute atomic E-state index is 0.318. The van der Waals surface area contributed by atoms with Crippen molar-refractivity contribution in [3.05, 3.63) is 65.6 Å². The summed E-state index contributed by atoms with van der Waals surface area (Å²) in [6, 6.07) is 13.6. The van der Waals surface area contributed by atoms with Gasteiger partial charge in [-0.15, -0.1) is 0 Å². The first-order valence-electron chi connectivity index (χ1n) is 12.6. The number of H-pyrrole nitrogens is 1. The van der Waals surface area contributed by atoms with E-state index in [4.69, 9.17) is 0 Å². The van der Waals surface area contributed by atoms with Crippen LogP contribution in [0.4, 0.5) is 4.39 Å². The second-order valence-electron chi connectivity index (χ2n) is 10.1. The number of aromatic nitrogens is 3. The second-order valence-corrected chi connectivity index (χ2v) is 12.1. The maximum atomic E-state index is 14.6. The van der Waals surface area contributed by atoms with Gasteiger partial charge in [0.15, 0.2) is 15.5 Å². The predicted octanol–water partition coefficient (Wildman–Crippen LogP) is 5.18. The SMILES string of the molecule is CS(=O)(=O)c1ccc(-c2n[nH]c3ncc(-c4ccc5c(c4)CCN(C4CCCC4)CC5)cc23)cc1F. The van der Waals surface area contributed by atoms with E-state index in [0.717, 1.165) is 54.7 Å². The Morgan fingerprint density at radius 1 is 0.944 bits per heavy atom. The quantitative estimate of drug-likeness (QED) is 0.414.